The molecule has 0 N–H and O–H groups in total. The number of aromatic nitrogens is 1. The zero-order valence-corrected chi connectivity index (χ0v) is 41.0. The van der Waals surface area contributed by atoms with Crippen LogP contribution >= 0.6 is 11.3 Å². The molecule has 0 amide bonds. The third kappa shape index (κ3) is 5.76. The van der Waals surface area contributed by atoms with Gasteiger partial charge in [0.2, 0.25) is 0 Å². The maximum absolute atomic E-state index is 2.46. The molecule has 0 radical (unpaired) electrons. The van der Waals surface area contributed by atoms with Crippen LogP contribution in [0, 0.1) is 0 Å². The van der Waals surface area contributed by atoms with Crippen molar-refractivity contribution in [1.29, 1.82) is 0 Å². The summed E-state index contributed by atoms with van der Waals surface area (Å²) in [4.78, 5) is 2.46. The lowest BCUT2D eigenvalue weighted by atomic mass is 9.70. The summed E-state index contributed by atoms with van der Waals surface area (Å²) in [5.74, 6) is 0. The van der Waals surface area contributed by atoms with Gasteiger partial charge in [0, 0.05) is 53.4 Å². The number of hydrogen-bond donors (Lipinski definition) is 0. The molecule has 14 aromatic rings. The summed E-state index contributed by atoms with van der Waals surface area (Å²) in [7, 11) is 0. The highest BCUT2D eigenvalue weighted by Crippen LogP contribution is 2.64. The SMILES string of the molecule is c1ccc(-n2c3cc(-c4ccc(N(c5ccc(-c6cccc7c6-c6ccccc6C76c7ccccc7-c7ccccc76)cc5)c5cccc6sc7ccccc7c56)cc4)ccc3c3ccc4ccccc4c32)cc1. The van der Waals surface area contributed by atoms with Crippen molar-refractivity contribution in [3.8, 4) is 50.2 Å². The molecule has 1 spiro atoms. The van der Waals surface area contributed by atoms with E-state index in [1.807, 2.05) is 11.3 Å². The van der Waals surface area contributed by atoms with Crippen molar-refractivity contribution in [2.24, 2.45) is 0 Å². The number of hydrogen-bond acceptors (Lipinski definition) is 2. The van der Waals surface area contributed by atoms with E-state index in [9.17, 15) is 0 Å². The van der Waals surface area contributed by atoms with Crippen molar-refractivity contribution in [3.05, 3.63) is 289 Å². The molecule has 0 unspecified atom stereocenters. The fraction of sp³-hybridized carbons (Fsp3) is 0.0141. The van der Waals surface area contributed by atoms with E-state index in [4.69, 9.17) is 0 Å². The van der Waals surface area contributed by atoms with E-state index in [-0.39, 0.29) is 5.41 Å². The number of nitrogens with zero attached hydrogens (tertiary/aromatic N) is 2. The van der Waals surface area contributed by atoms with E-state index >= 15 is 0 Å². The number of benzene rings is 12. The minimum atomic E-state index is -0.388. The molecular formula is C71H44N2S. The summed E-state index contributed by atoms with van der Waals surface area (Å²) < 4.78 is 5.02. The quantitative estimate of drug-likeness (QED) is 0.161. The largest absolute Gasteiger partial charge is 0.310 e. The highest BCUT2D eigenvalue weighted by atomic mass is 32.1. The van der Waals surface area contributed by atoms with Crippen molar-refractivity contribution >= 4 is 81.1 Å². The lowest BCUT2D eigenvalue weighted by molar-refractivity contribution is 0.794. The van der Waals surface area contributed by atoms with Crippen molar-refractivity contribution in [3.63, 3.8) is 0 Å². The number of fused-ring (bicyclic) bond motifs is 18. The molecule has 16 rings (SSSR count). The predicted octanol–water partition coefficient (Wildman–Crippen LogP) is 19.5. The Balaban J connectivity index is 0.841. The highest BCUT2D eigenvalue weighted by molar-refractivity contribution is 7.26. The zero-order chi connectivity index (χ0) is 48.5. The normalized spacial score (nSPS) is 13.0. The molecule has 3 heteroatoms. The Morgan fingerprint density at radius 1 is 0.351 bits per heavy atom. The van der Waals surface area contributed by atoms with Crippen LogP contribution in [0.25, 0.3) is 103 Å². The van der Waals surface area contributed by atoms with Gasteiger partial charge in [-0.3, -0.25) is 0 Å². The Morgan fingerprint density at radius 3 is 1.66 bits per heavy atom. The number of para-hydroxylation sites is 1. The fourth-order valence-corrected chi connectivity index (χ4v) is 14.3. The van der Waals surface area contributed by atoms with Crippen LogP contribution in [0.4, 0.5) is 17.1 Å². The molecule has 0 saturated heterocycles. The lowest BCUT2D eigenvalue weighted by Crippen LogP contribution is -2.25. The van der Waals surface area contributed by atoms with Crippen molar-refractivity contribution in [2.45, 2.75) is 5.41 Å². The zero-order valence-electron chi connectivity index (χ0n) is 40.2. The molecule has 12 aromatic carbocycles. The monoisotopic (exact) mass is 956 g/mol. The van der Waals surface area contributed by atoms with Gasteiger partial charge in [-0.05, 0) is 133 Å². The van der Waals surface area contributed by atoms with E-state index in [2.05, 4.69) is 276 Å². The first-order chi connectivity index (χ1) is 36.7. The van der Waals surface area contributed by atoms with E-state index in [0.717, 1.165) is 22.7 Å². The third-order valence-electron chi connectivity index (χ3n) is 16.2. The molecule has 2 nitrogen and oxygen atoms in total. The smallest absolute Gasteiger partial charge is 0.0725 e. The van der Waals surface area contributed by atoms with E-state index in [1.165, 1.54) is 120 Å². The molecule has 2 aromatic heterocycles. The second kappa shape index (κ2) is 15.9. The Hall–Kier alpha value is -9.28. The minimum Gasteiger partial charge on any atom is -0.310 e. The maximum Gasteiger partial charge on any atom is 0.0725 e. The first-order valence-electron chi connectivity index (χ1n) is 25.6. The fourth-order valence-electron chi connectivity index (χ4n) is 13.1. The van der Waals surface area contributed by atoms with Gasteiger partial charge < -0.3 is 9.47 Å². The van der Waals surface area contributed by atoms with Gasteiger partial charge in [-0.15, -0.1) is 11.3 Å². The van der Waals surface area contributed by atoms with Gasteiger partial charge in [0.1, 0.15) is 0 Å². The molecule has 344 valence electrons. The van der Waals surface area contributed by atoms with Crippen LogP contribution in [0.1, 0.15) is 22.3 Å². The Kier molecular flexibility index (Phi) is 8.86. The summed E-state index contributed by atoms with van der Waals surface area (Å²) >= 11 is 1.86. The van der Waals surface area contributed by atoms with Gasteiger partial charge in [0.15, 0.2) is 0 Å². The summed E-state index contributed by atoms with van der Waals surface area (Å²) in [6, 6.07) is 99.4. The van der Waals surface area contributed by atoms with Crippen LogP contribution in [0.15, 0.2) is 267 Å². The van der Waals surface area contributed by atoms with Gasteiger partial charge in [0.25, 0.3) is 0 Å². The highest BCUT2D eigenvalue weighted by Gasteiger charge is 2.52. The second-order valence-corrected chi connectivity index (χ2v) is 21.0. The van der Waals surface area contributed by atoms with E-state index in [1.54, 1.807) is 0 Å². The summed E-state index contributed by atoms with van der Waals surface area (Å²) in [5, 5.41) is 7.55. The summed E-state index contributed by atoms with van der Waals surface area (Å²) in [6.45, 7) is 0. The molecule has 0 aliphatic heterocycles. The topological polar surface area (TPSA) is 8.17 Å². The number of rotatable bonds is 6. The van der Waals surface area contributed by atoms with Gasteiger partial charge in [-0.2, -0.15) is 0 Å². The van der Waals surface area contributed by atoms with E-state index < -0.39 is 0 Å². The Morgan fingerprint density at radius 2 is 0.905 bits per heavy atom. The Labute approximate surface area is 432 Å². The minimum absolute atomic E-state index is 0.388. The van der Waals surface area contributed by atoms with Crippen molar-refractivity contribution in [2.75, 3.05) is 4.90 Å². The molecule has 2 aliphatic carbocycles. The average Bonchev–Trinajstić information content (AvgIpc) is 4.22. The predicted molar refractivity (Wildman–Crippen MR) is 313 cm³/mol. The number of thiophene rings is 1. The average molecular weight is 957 g/mol. The first kappa shape index (κ1) is 41.3. The Bertz CT molecular complexity index is 4550. The molecule has 0 fully saturated rings. The van der Waals surface area contributed by atoms with Gasteiger partial charge >= 0.3 is 0 Å². The van der Waals surface area contributed by atoms with Crippen molar-refractivity contribution in [1.82, 2.24) is 4.57 Å². The summed E-state index contributed by atoms with van der Waals surface area (Å²) in [6.07, 6.45) is 0. The van der Waals surface area contributed by atoms with Crippen LogP contribution < -0.4 is 4.90 Å². The first-order valence-corrected chi connectivity index (χ1v) is 26.4. The van der Waals surface area contributed by atoms with Crippen LogP contribution in [0.3, 0.4) is 0 Å². The van der Waals surface area contributed by atoms with Crippen LogP contribution in [0.2, 0.25) is 0 Å². The van der Waals surface area contributed by atoms with Crippen LogP contribution in [-0.2, 0) is 5.41 Å². The summed E-state index contributed by atoms with van der Waals surface area (Å²) in [5.41, 5.74) is 22.1. The molecular weight excluding hydrogens is 913 g/mol. The molecule has 2 heterocycles. The maximum atomic E-state index is 2.46. The molecule has 0 saturated carbocycles. The second-order valence-electron chi connectivity index (χ2n) is 19.9. The van der Waals surface area contributed by atoms with Crippen LogP contribution in [-0.4, -0.2) is 4.57 Å². The molecule has 0 bridgehead atoms. The van der Waals surface area contributed by atoms with Gasteiger partial charge in [-0.1, -0.05) is 206 Å². The van der Waals surface area contributed by atoms with Gasteiger partial charge in [-0.25, -0.2) is 0 Å². The van der Waals surface area contributed by atoms with Crippen molar-refractivity contribution < 1.29 is 0 Å². The third-order valence-corrected chi connectivity index (χ3v) is 17.3. The number of anilines is 3. The van der Waals surface area contributed by atoms with E-state index in [0.29, 0.717) is 0 Å². The molecule has 74 heavy (non-hydrogen) atoms. The standard InChI is InChI=1S/C71H44N2S/c1-2-17-49(18-3-1)73-65-44-48(37-42-56(65)57-43-36-46-16-4-5-19-53(46)70(57)73)45-32-38-50(39-33-45)72(64-29-15-31-67-69(64)59-23-9-13-30-66(59)74-67)51-40-34-47(35-41-51)52-24-14-28-63-68(52)58-22-8-12-27-62(58)71(63)60-25-10-6-20-54(60)55-21-7-11-26-61(55)71/h1-44H. The molecule has 2 aliphatic rings. The lowest BCUT2D eigenvalue weighted by Gasteiger charge is -2.30. The van der Waals surface area contributed by atoms with Crippen LogP contribution in [0.5, 0.6) is 0 Å². The van der Waals surface area contributed by atoms with Gasteiger partial charge in [0.05, 0.1) is 22.1 Å². The molecule has 0 atom stereocenters.